The van der Waals surface area contributed by atoms with Crippen LogP contribution in [-0.4, -0.2) is 23.0 Å². The number of halogens is 3. The number of alkyl halides is 3. The molecule has 0 saturated heterocycles. The van der Waals surface area contributed by atoms with Gasteiger partial charge in [-0.2, -0.15) is 18.3 Å². The number of benzene rings is 1. The monoisotopic (exact) mass is 310 g/mol. The molecule has 1 aliphatic heterocycles. The molecular formula is C15H13F3N2O2. The second kappa shape index (κ2) is 5.75. The van der Waals surface area contributed by atoms with E-state index >= 15 is 0 Å². The van der Waals surface area contributed by atoms with E-state index in [0.29, 0.717) is 24.5 Å². The van der Waals surface area contributed by atoms with Gasteiger partial charge in [-0.3, -0.25) is 4.68 Å². The van der Waals surface area contributed by atoms with Crippen LogP contribution < -0.4 is 0 Å². The zero-order valence-electron chi connectivity index (χ0n) is 11.5. The number of nitrogens with zero attached hydrogens (tertiary/aromatic N) is 2. The number of rotatable bonds is 3. The molecule has 22 heavy (non-hydrogen) atoms. The van der Waals surface area contributed by atoms with E-state index in [1.54, 1.807) is 23.1 Å². The Balaban J connectivity index is 1.77. The largest absolute Gasteiger partial charge is 0.494 e. The molecule has 0 unspecified atom stereocenters. The Hall–Kier alpha value is -2.44. The molecule has 0 bridgehead atoms. The third kappa shape index (κ3) is 3.24. The molecule has 4 nitrogen and oxygen atoms in total. The highest BCUT2D eigenvalue weighted by molar-refractivity contribution is 5.57. The predicted molar refractivity (Wildman–Crippen MR) is 72.7 cm³/mol. The van der Waals surface area contributed by atoms with E-state index in [2.05, 4.69) is 5.10 Å². The van der Waals surface area contributed by atoms with Crippen molar-refractivity contribution < 1.29 is 22.6 Å². The summed E-state index contributed by atoms with van der Waals surface area (Å²) >= 11 is 0. The van der Waals surface area contributed by atoms with Gasteiger partial charge in [0.2, 0.25) is 0 Å². The van der Waals surface area contributed by atoms with Crippen LogP contribution in [0, 0.1) is 0 Å². The second-order valence-corrected chi connectivity index (χ2v) is 4.83. The summed E-state index contributed by atoms with van der Waals surface area (Å²) in [6, 6.07) is 5.20. The highest BCUT2D eigenvalue weighted by Crippen LogP contribution is 2.29. The molecular weight excluding hydrogens is 297 g/mol. The van der Waals surface area contributed by atoms with Crippen molar-refractivity contribution in [2.75, 3.05) is 13.2 Å². The molecule has 1 aromatic heterocycles. The summed E-state index contributed by atoms with van der Waals surface area (Å²) in [5, 5.41) is 4.14. The molecule has 116 valence electrons. The first-order valence-corrected chi connectivity index (χ1v) is 6.66. The van der Waals surface area contributed by atoms with Crippen LogP contribution in [-0.2, 0) is 22.2 Å². The van der Waals surface area contributed by atoms with Crippen LogP contribution in [0.2, 0.25) is 0 Å². The molecule has 1 aromatic carbocycles. The molecule has 1 aliphatic rings. The summed E-state index contributed by atoms with van der Waals surface area (Å²) < 4.78 is 50.2. The van der Waals surface area contributed by atoms with Crippen molar-refractivity contribution in [1.29, 1.82) is 0 Å². The van der Waals surface area contributed by atoms with Crippen LogP contribution in [0.5, 0.6) is 0 Å². The van der Waals surface area contributed by atoms with Crippen LogP contribution in [0.3, 0.4) is 0 Å². The lowest BCUT2D eigenvalue weighted by molar-refractivity contribution is -0.137. The maximum absolute atomic E-state index is 12.7. The van der Waals surface area contributed by atoms with Gasteiger partial charge in [-0.05, 0) is 17.7 Å². The van der Waals surface area contributed by atoms with Crippen LogP contribution in [0.4, 0.5) is 13.2 Å². The van der Waals surface area contributed by atoms with Gasteiger partial charge in [0.25, 0.3) is 0 Å². The normalized spacial score (nSPS) is 15.0. The number of hydrogen-bond acceptors (Lipinski definition) is 3. The third-order valence-electron chi connectivity index (χ3n) is 3.17. The molecule has 7 heteroatoms. The van der Waals surface area contributed by atoms with E-state index in [4.69, 9.17) is 9.47 Å². The zero-order chi connectivity index (χ0) is 15.6. The van der Waals surface area contributed by atoms with Crippen molar-refractivity contribution in [2.24, 2.45) is 0 Å². The Morgan fingerprint density at radius 3 is 2.82 bits per heavy atom. The van der Waals surface area contributed by atoms with E-state index in [1.807, 2.05) is 0 Å². The molecule has 2 heterocycles. The van der Waals surface area contributed by atoms with Crippen molar-refractivity contribution in [2.45, 2.75) is 12.7 Å². The first kappa shape index (κ1) is 14.5. The van der Waals surface area contributed by atoms with Crippen molar-refractivity contribution in [3.05, 3.63) is 59.6 Å². The van der Waals surface area contributed by atoms with Gasteiger partial charge in [0.05, 0.1) is 23.9 Å². The van der Waals surface area contributed by atoms with Crippen molar-refractivity contribution >= 4 is 5.76 Å². The lowest BCUT2D eigenvalue weighted by atomic mass is 10.1. The Bertz CT molecular complexity index is 692. The fraction of sp³-hybridized carbons (Fsp3) is 0.267. The standard InChI is InChI=1S/C15H13F3N2O2/c16-15(17,18)13-3-1-2-11(6-13)8-20-9-12(7-19-20)14-10-21-4-5-22-14/h1-3,6-7,9-10H,4-5,8H2. The van der Waals surface area contributed by atoms with Gasteiger partial charge in [-0.25, -0.2) is 0 Å². The highest BCUT2D eigenvalue weighted by Gasteiger charge is 2.30. The minimum absolute atomic E-state index is 0.248. The van der Waals surface area contributed by atoms with Gasteiger partial charge in [0.15, 0.2) is 5.76 Å². The fourth-order valence-corrected chi connectivity index (χ4v) is 2.13. The maximum atomic E-state index is 12.7. The smallest absolute Gasteiger partial charge is 0.416 e. The maximum Gasteiger partial charge on any atom is 0.416 e. The summed E-state index contributed by atoms with van der Waals surface area (Å²) in [6.45, 7) is 1.21. The Labute approximate surface area is 124 Å². The third-order valence-corrected chi connectivity index (χ3v) is 3.17. The average Bonchev–Trinajstić information content (AvgIpc) is 2.96. The van der Waals surface area contributed by atoms with E-state index in [-0.39, 0.29) is 6.54 Å². The molecule has 0 atom stereocenters. The fourth-order valence-electron chi connectivity index (χ4n) is 2.13. The minimum atomic E-state index is -4.34. The molecule has 0 N–H and O–H groups in total. The highest BCUT2D eigenvalue weighted by atomic mass is 19.4. The van der Waals surface area contributed by atoms with E-state index < -0.39 is 11.7 Å². The zero-order valence-corrected chi connectivity index (χ0v) is 11.5. The number of hydrogen-bond donors (Lipinski definition) is 0. The van der Waals surface area contributed by atoms with Crippen molar-refractivity contribution in [3.8, 4) is 0 Å². The summed E-state index contributed by atoms with van der Waals surface area (Å²) in [5.41, 5.74) is 0.593. The van der Waals surface area contributed by atoms with Crippen LogP contribution in [0.15, 0.2) is 42.9 Å². The molecule has 0 aliphatic carbocycles. The molecule has 0 radical (unpaired) electrons. The molecule has 0 spiro atoms. The summed E-state index contributed by atoms with van der Waals surface area (Å²) in [4.78, 5) is 0. The Kier molecular flexibility index (Phi) is 3.79. The lowest BCUT2D eigenvalue weighted by Crippen LogP contribution is -2.07. The van der Waals surface area contributed by atoms with Crippen LogP contribution in [0.25, 0.3) is 5.76 Å². The molecule has 0 saturated carbocycles. The Morgan fingerprint density at radius 2 is 2.09 bits per heavy atom. The minimum Gasteiger partial charge on any atom is -0.494 e. The first-order chi connectivity index (χ1) is 10.5. The molecule has 0 amide bonds. The summed E-state index contributed by atoms with van der Waals surface area (Å²) in [6.07, 6.45) is 0.466. The van der Waals surface area contributed by atoms with Gasteiger partial charge < -0.3 is 9.47 Å². The second-order valence-electron chi connectivity index (χ2n) is 4.83. The van der Waals surface area contributed by atoms with E-state index in [9.17, 15) is 13.2 Å². The summed E-state index contributed by atoms with van der Waals surface area (Å²) in [5.74, 6) is 0.571. The van der Waals surface area contributed by atoms with Gasteiger partial charge in [0, 0.05) is 6.20 Å². The molecule has 2 aromatic rings. The molecule has 0 fully saturated rings. The van der Waals surface area contributed by atoms with Gasteiger partial charge in [-0.1, -0.05) is 12.1 Å². The Morgan fingerprint density at radius 1 is 1.23 bits per heavy atom. The van der Waals surface area contributed by atoms with Gasteiger partial charge in [-0.15, -0.1) is 0 Å². The predicted octanol–water partition coefficient (Wildman–Crippen LogP) is 3.30. The van der Waals surface area contributed by atoms with Crippen molar-refractivity contribution in [1.82, 2.24) is 9.78 Å². The molecule has 3 rings (SSSR count). The topological polar surface area (TPSA) is 36.3 Å². The van der Waals surface area contributed by atoms with Crippen molar-refractivity contribution in [3.63, 3.8) is 0 Å². The van der Waals surface area contributed by atoms with E-state index in [1.165, 1.54) is 12.3 Å². The number of aromatic nitrogens is 2. The quantitative estimate of drug-likeness (QED) is 0.873. The summed E-state index contributed by atoms with van der Waals surface area (Å²) in [7, 11) is 0. The lowest BCUT2D eigenvalue weighted by Gasteiger charge is -2.13. The van der Waals surface area contributed by atoms with Crippen LogP contribution in [0.1, 0.15) is 16.7 Å². The SMILES string of the molecule is FC(F)(F)c1cccc(Cn2cc(C3=COCCO3)cn2)c1. The average molecular weight is 310 g/mol. The first-order valence-electron chi connectivity index (χ1n) is 6.66. The van der Waals surface area contributed by atoms with Gasteiger partial charge in [0.1, 0.15) is 19.5 Å². The van der Waals surface area contributed by atoms with Gasteiger partial charge >= 0.3 is 6.18 Å². The number of ether oxygens (including phenoxy) is 2. The van der Waals surface area contributed by atoms with Crippen LogP contribution >= 0.6 is 0 Å². The van der Waals surface area contributed by atoms with E-state index in [0.717, 1.165) is 17.7 Å².